The normalized spacial score (nSPS) is 10.4. The summed E-state index contributed by atoms with van der Waals surface area (Å²) in [5.41, 5.74) is 0.973. The average Bonchev–Trinajstić information content (AvgIpc) is 2.51. The monoisotopic (exact) mass is 271 g/mol. The Morgan fingerprint density at radius 1 is 1.43 bits per heavy atom. The van der Waals surface area contributed by atoms with Crippen molar-refractivity contribution in [2.24, 2.45) is 0 Å². The third-order valence-electron chi connectivity index (χ3n) is 1.79. The second-order valence-corrected chi connectivity index (χ2v) is 5.28. The first-order chi connectivity index (χ1) is 6.74. The number of hydrogen-bond donors (Lipinski definition) is 0. The highest BCUT2D eigenvalue weighted by Gasteiger charge is 2.01. The molecule has 2 rings (SSSR count). The molecule has 0 amide bonds. The van der Waals surface area contributed by atoms with Crippen LogP contribution in [-0.4, -0.2) is 4.98 Å². The fourth-order valence-electron chi connectivity index (χ4n) is 1.21. The van der Waals surface area contributed by atoms with Crippen LogP contribution in [0.5, 0.6) is 0 Å². The molecule has 0 radical (unpaired) electrons. The number of aromatic nitrogens is 1. The van der Waals surface area contributed by atoms with Gasteiger partial charge in [0.15, 0.2) is 3.92 Å². The van der Waals surface area contributed by atoms with E-state index in [0.29, 0.717) is 0 Å². The molecule has 1 nitrogen and oxygen atoms in total. The van der Waals surface area contributed by atoms with Crippen LogP contribution < -0.4 is 0 Å². The molecular weight excluding hydrogens is 265 g/mol. The van der Waals surface area contributed by atoms with Crippen molar-refractivity contribution >= 4 is 27.3 Å². The largest absolute Gasteiger partial charge is 0.237 e. The summed E-state index contributed by atoms with van der Waals surface area (Å²) in [5, 5.41) is 0. The summed E-state index contributed by atoms with van der Waals surface area (Å²) in [6.45, 7) is 0. The van der Waals surface area contributed by atoms with Crippen molar-refractivity contribution in [3.8, 4) is 0 Å². The van der Waals surface area contributed by atoms with E-state index in [9.17, 15) is 4.39 Å². The summed E-state index contributed by atoms with van der Waals surface area (Å²) >= 11 is 4.86. The van der Waals surface area contributed by atoms with Gasteiger partial charge in [-0.05, 0) is 33.6 Å². The molecule has 0 N–H and O–H groups in total. The molecule has 1 heterocycles. The summed E-state index contributed by atoms with van der Waals surface area (Å²) in [6.07, 6.45) is 2.54. The van der Waals surface area contributed by atoms with Crippen LogP contribution in [0.2, 0.25) is 0 Å². The molecule has 14 heavy (non-hydrogen) atoms. The van der Waals surface area contributed by atoms with Crippen molar-refractivity contribution in [3.05, 3.63) is 50.6 Å². The van der Waals surface area contributed by atoms with Gasteiger partial charge in [-0.25, -0.2) is 9.37 Å². The summed E-state index contributed by atoms with van der Waals surface area (Å²) in [7, 11) is 0. The minimum Gasteiger partial charge on any atom is -0.237 e. The SMILES string of the molecule is Fc1cccc(Cc2cnc(Br)s2)c1. The van der Waals surface area contributed by atoms with E-state index >= 15 is 0 Å². The summed E-state index contributed by atoms with van der Waals surface area (Å²) in [5.74, 6) is -0.189. The van der Waals surface area contributed by atoms with E-state index in [4.69, 9.17) is 0 Å². The number of rotatable bonds is 2. The lowest BCUT2D eigenvalue weighted by Crippen LogP contribution is -1.85. The van der Waals surface area contributed by atoms with Gasteiger partial charge in [0.25, 0.3) is 0 Å². The molecule has 0 aliphatic heterocycles. The van der Waals surface area contributed by atoms with Gasteiger partial charge < -0.3 is 0 Å². The topological polar surface area (TPSA) is 12.9 Å². The second kappa shape index (κ2) is 4.19. The van der Waals surface area contributed by atoms with E-state index in [1.807, 2.05) is 6.07 Å². The van der Waals surface area contributed by atoms with E-state index < -0.39 is 0 Å². The Morgan fingerprint density at radius 2 is 2.29 bits per heavy atom. The predicted molar refractivity (Wildman–Crippen MR) is 59.0 cm³/mol. The second-order valence-electron chi connectivity index (χ2n) is 2.89. The maximum atomic E-state index is 12.9. The van der Waals surface area contributed by atoms with Gasteiger partial charge in [-0.3, -0.25) is 0 Å². The predicted octanol–water partition coefficient (Wildman–Crippen LogP) is 3.64. The van der Waals surface area contributed by atoms with Crippen LogP contribution >= 0.6 is 27.3 Å². The van der Waals surface area contributed by atoms with Crippen LogP contribution in [0.3, 0.4) is 0 Å². The van der Waals surface area contributed by atoms with Gasteiger partial charge in [0.05, 0.1) is 0 Å². The molecule has 1 aromatic carbocycles. The fraction of sp³-hybridized carbons (Fsp3) is 0.100. The van der Waals surface area contributed by atoms with Gasteiger partial charge in [0.1, 0.15) is 5.82 Å². The van der Waals surface area contributed by atoms with Crippen molar-refractivity contribution in [2.75, 3.05) is 0 Å². The zero-order valence-electron chi connectivity index (χ0n) is 7.21. The third kappa shape index (κ3) is 2.39. The molecule has 0 saturated heterocycles. The van der Waals surface area contributed by atoms with E-state index in [2.05, 4.69) is 20.9 Å². The molecule has 72 valence electrons. The summed E-state index contributed by atoms with van der Waals surface area (Å²) in [4.78, 5) is 5.20. The molecule has 0 atom stereocenters. The van der Waals surface area contributed by atoms with E-state index in [1.54, 1.807) is 29.7 Å². The minimum absolute atomic E-state index is 0.189. The molecule has 0 aliphatic carbocycles. The zero-order valence-corrected chi connectivity index (χ0v) is 9.61. The Hall–Kier alpha value is -0.740. The third-order valence-corrected chi connectivity index (χ3v) is 3.27. The lowest BCUT2D eigenvalue weighted by atomic mass is 10.1. The highest BCUT2D eigenvalue weighted by Crippen LogP contribution is 2.21. The standard InChI is InChI=1S/C10H7BrFNS/c11-10-13-6-9(14-10)5-7-2-1-3-8(12)4-7/h1-4,6H,5H2. The minimum atomic E-state index is -0.189. The van der Waals surface area contributed by atoms with Crippen LogP contribution in [0.25, 0.3) is 0 Å². The lowest BCUT2D eigenvalue weighted by molar-refractivity contribution is 0.626. The van der Waals surface area contributed by atoms with Crippen LogP contribution in [0.15, 0.2) is 34.4 Å². The Balaban J connectivity index is 2.18. The molecule has 4 heteroatoms. The Morgan fingerprint density at radius 3 is 2.93 bits per heavy atom. The first kappa shape index (κ1) is 9.80. The first-order valence-electron chi connectivity index (χ1n) is 4.09. The van der Waals surface area contributed by atoms with Crippen molar-refractivity contribution < 1.29 is 4.39 Å². The van der Waals surface area contributed by atoms with Crippen LogP contribution in [0.4, 0.5) is 4.39 Å². The van der Waals surface area contributed by atoms with E-state index in [1.165, 1.54) is 6.07 Å². The van der Waals surface area contributed by atoms with Crippen molar-refractivity contribution in [1.82, 2.24) is 4.98 Å². The first-order valence-corrected chi connectivity index (χ1v) is 5.69. The van der Waals surface area contributed by atoms with Crippen molar-refractivity contribution in [2.45, 2.75) is 6.42 Å². The number of thiazole rings is 1. The highest BCUT2D eigenvalue weighted by molar-refractivity contribution is 9.11. The van der Waals surface area contributed by atoms with Crippen molar-refractivity contribution in [3.63, 3.8) is 0 Å². The molecule has 0 unspecified atom stereocenters. The average molecular weight is 272 g/mol. The van der Waals surface area contributed by atoms with Gasteiger partial charge >= 0.3 is 0 Å². The fourth-order valence-corrected chi connectivity index (χ4v) is 2.61. The van der Waals surface area contributed by atoms with Gasteiger partial charge in [-0.15, -0.1) is 11.3 Å². The van der Waals surface area contributed by atoms with Gasteiger partial charge in [0, 0.05) is 17.5 Å². The maximum absolute atomic E-state index is 12.9. The molecule has 0 bridgehead atoms. The van der Waals surface area contributed by atoms with Crippen molar-refractivity contribution in [1.29, 1.82) is 0 Å². The number of hydrogen-bond acceptors (Lipinski definition) is 2. The molecule has 0 aliphatic rings. The lowest BCUT2D eigenvalue weighted by Gasteiger charge is -1.97. The highest BCUT2D eigenvalue weighted by atomic mass is 79.9. The smallest absolute Gasteiger partial charge is 0.159 e. The maximum Gasteiger partial charge on any atom is 0.159 e. The molecule has 0 fully saturated rings. The van der Waals surface area contributed by atoms with Crippen LogP contribution in [0, 0.1) is 5.82 Å². The molecular formula is C10H7BrFNS. The number of nitrogens with zero attached hydrogens (tertiary/aromatic N) is 1. The quantitative estimate of drug-likeness (QED) is 0.813. The van der Waals surface area contributed by atoms with E-state index in [0.717, 1.165) is 20.8 Å². The number of benzene rings is 1. The zero-order chi connectivity index (χ0) is 9.97. The Labute approximate surface area is 93.7 Å². The Bertz CT molecular complexity index is 441. The molecule has 0 saturated carbocycles. The molecule has 0 spiro atoms. The summed E-state index contributed by atoms with van der Waals surface area (Å²) in [6, 6.07) is 6.64. The van der Waals surface area contributed by atoms with Crippen LogP contribution in [0.1, 0.15) is 10.4 Å². The van der Waals surface area contributed by atoms with Gasteiger partial charge in [-0.1, -0.05) is 12.1 Å². The Kier molecular flexibility index (Phi) is 2.93. The summed E-state index contributed by atoms with van der Waals surface area (Å²) < 4.78 is 13.7. The van der Waals surface area contributed by atoms with Gasteiger partial charge in [-0.2, -0.15) is 0 Å². The van der Waals surface area contributed by atoms with E-state index in [-0.39, 0.29) is 5.82 Å². The number of halogens is 2. The molecule has 1 aromatic heterocycles. The van der Waals surface area contributed by atoms with Crippen LogP contribution in [-0.2, 0) is 6.42 Å². The van der Waals surface area contributed by atoms with Gasteiger partial charge in [0.2, 0.25) is 0 Å². The molecule has 2 aromatic rings.